The third-order valence-corrected chi connectivity index (χ3v) is 2.37. The van der Waals surface area contributed by atoms with Gasteiger partial charge in [0, 0.05) is 0 Å². The third-order valence-electron chi connectivity index (χ3n) is 2.20. The van der Waals surface area contributed by atoms with Crippen LogP contribution in [0.2, 0.25) is 5.28 Å². The fraction of sp³-hybridized carbons (Fsp3) is 0.500. The van der Waals surface area contributed by atoms with Crippen molar-refractivity contribution in [1.82, 2.24) is 29.7 Å². The highest BCUT2D eigenvalue weighted by molar-refractivity contribution is 6.28. The summed E-state index contributed by atoms with van der Waals surface area (Å²) in [6.07, 6.45) is 4.83. The van der Waals surface area contributed by atoms with Gasteiger partial charge in [-0.25, -0.2) is 4.98 Å². The SMILES string of the molecule is CCCC(C)Oc1nc(Cl)nc(-n2cncn2)n1. The molecule has 0 aromatic carbocycles. The van der Waals surface area contributed by atoms with Crippen molar-refractivity contribution < 1.29 is 4.74 Å². The van der Waals surface area contributed by atoms with Gasteiger partial charge < -0.3 is 4.74 Å². The maximum absolute atomic E-state index is 5.82. The van der Waals surface area contributed by atoms with Gasteiger partial charge in [0.25, 0.3) is 5.95 Å². The van der Waals surface area contributed by atoms with Gasteiger partial charge in [0.05, 0.1) is 6.10 Å². The van der Waals surface area contributed by atoms with Crippen LogP contribution in [0.1, 0.15) is 26.7 Å². The molecule has 0 saturated heterocycles. The Morgan fingerprint density at radius 3 is 2.89 bits per heavy atom. The van der Waals surface area contributed by atoms with E-state index in [1.807, 2.05) is 6.92 Å². The number of hydrogen-bond acceptors (Lipinski definition) is 6. The van der Waals surface area contributed by atoms with Crippen molar-refractivity contribution in [2.75, 3.05) is 0 Å². The molecule has 0 aliphatic heterocycles. The van der Waals surface area contributed by atoms with Crippen LogP contribution in [0.4, 0.5) is 0 Å². The van der Waals surface area contributed by atoms with E-state index in [-0.39, 0.29) is 23.3 Å². The molecule has 0 fully saturated rings. The monoisotopic (exact) mass is 268 g/mol. The Labute approximate surface area is 109 Å². The largest absolute Gasteiger partial charge is 0.460 e. The number of rotatable bonds is 5. The minimum Gasteiger partial charge on any atom is -0.460 e. The molecule has 0 amide bonds. The summed E-state index contributed by atoms with van der Waals surface area (Å²) in [7, 11) is 0. The summed E-state index contributed by atoms with van der Waals surface area (Å²) in [5.74, 6) is 0.284. The standard InChI is InChI=1S/C10H13ClN6O/c1-3-4-7(2)18-10-15-8(11)14-9(16-10)17-6-12-5-13-17/h5-7H,3-4H2,1-2H3. The van der Waals surface area contributed by atoms with Gasteiger partial charge in [-0.2, -0.15) is 24.7 Å². The molecule has 0 radical (unpaired) electrons. The molecule has 1 unspecified atom stereocenters. The van der Waals surface area contributed by atoms with E-state index in [2.05, 4.69) is 32.0 Å². The number of halogens is 1. The normalized spacial score (nSPS) is 12.4. The van der Waals surface area contributed by atoms with Crippen LogP contribution in [0.3, 0.4) is 0 Å². The average molecular weight is 269 g/mol. The summed E-state index contributed by atoms with van der Waals surface area (Å²) in [6.45, 7) is 4.04. The van der Waals surface area contributed by atoms with E-state index in [0.29, 0.717) is 0 Å². The highest BCUT2D eigenvalue weighted by Crippen LogP contribution is 2.13. The number of aromatic nitrogens is 6. The van der Waals surface area contributed by atoms with E-state index in [9.17, 15) is 0 Å². The summed E-state index contributed by atoms with van der Waals surface area (Å²) < 4.78 is 6.96. The molecule has 2 rings (SSSR count). The number of nitrogens with zero attached hydrogens (tertiary/aromatic N) is 6. The molecule has 0 spiro atoms. The number of ether oxygens (including phenoxy) is 1. The Kier molecular flexibility index (Phi) is 4.03. The lowest BCUT2D eigenvalue weighted by Gasteiger charge is -2.12. The van der Waals surface area contributed by atoms with Crippen molar-refractivity contribution in [2.45, 2.75) is 32.8 Å². The zero-order valence-electron chi connectivity index (χ0n) is 10.1. The Morgan fingerprint density at radius 2 is 2.22 bits per heavy atom. The molecule has 2 aromatic heterocycles. The molecule has 1 atom stereocenters. The first-order valence-corrected chi connectivity index (χ1v) is 6.00. The Balaban J connectivity index is 2.22. The van der Waals surface area contributed by atoms with E-state index in [4.69, 9.17) is 16.3 Å². The maximum atomic E-state index is 5.82. The Morgan fingerprint density at radius 1 is 1.39 bits per heavy atom. The minimum atomic E-state index is 0.0251. The molecular formula is C10H13ClN6O. The lowest BCUT2D eigenvalue weighted by atomic mass is 10.2. The van der Waals surface area contributed by atoms with Crippen LogP contribution in [0, 0.1) is 0 Å². The van der Waals surface area contributed by atoms with E-state index in [1.165, 1.54) is 17.3 Å². The van der Waals surface area contributed by atoms with E-state index < -0.39 is 0 Å². The van der Waals surface area contributed by atoms with Crippen LogP contribution in [-0.4, -0.2) is 35.8 Å². The van der Waals surface area contributed by atoms with Crippen molar-refractivity contribution in [3.05, 3.63) is 17.9 Å². The van der Waals surface area contributed by atoms with Crippen LogP contribution in [-0.2, 0) is 0 Å². The zero-order valence-corrected chi connectivity index (χ0v) is 10.9. The lowest BCUT2D eigenvalue weighted by molar-refractivity contribution is 0.191. The van der Waals surface area contributed by atoms with Crippen LogP contribution in [0.15, 0.2) is 12.7 Å². The smallest absolute Gasteiger partial charge is 0.322 e. The van der Waals surface area contributed by atoms with Gasteiger partial charge in [-0.05, 0) is 24.9 Å². The summed E-state index contributed by atoms with van der Waals surface area (Å²) in [6, 6.07) is 0.196. The predicted molar refractivity (Wildman–Crippen MR) is 64.8 cm³/mol. The van der Waals surface area contributed by atoms with Crippen LogP contribution >= 0.6 is 11.6 Å². The third kappa shape index (κ3) is 3.13. The van der Waals surface area contributed by atoms with E-state index >= 15 is 0 Å². The molecule has 18 heavy (non-hydrogen) atoms. The van der Waals surface area contributed by atoms with Crippen molar-refractivity contribution >= 4 is 11.6 Å². The molecule has 2 heterocycles. The van der Waals surface area contributed by atoms with Crippen molar-refractivity contribution in [3.8, 4) is 12.0 Å². The Hall–Kier alpha value is -1.76. The van der Waals surface area contributed by atoms with Crippen molar-refractivity contribution in [2.24, 2.45) is 0 Å². The Bertz CT molecular complexity index is 503. The molecule has 0 bridgehead atoms. The highest BCUT2D eigenvalue weighted by atomic mass is 35.5. The van der Waals surface area contributed by atoms with Crippen LogP contribution in [0.25, 0.3) is 5.95 Å². The molecule has 0 aliphatic rings. The highest BCUT2D eigenvalue weighted by Gasteiger charge is 2.11. The van der Waals surface area contributed by atoms with Crippen molar-refractivity contribution in [3.63, 3.8) is 0 Å². The summed E-state index contributed by atoms with van der Waals surface area (Å²) in [5.41, 5.74) is 0. The first kappa shape index (κ1) is 12.7. The first-order valence-electron chi connectivity index (χ1n) is 5.62. The van der Waals surface area contributed by atoms with Gasteiger partial charge >= 0.3 is 6.01 Å². The first-order chi connectivity index (χ1) is 8.69. The molecule has 2 aromatic rings. The summed E-state index contributed by atoms with van der Waals surface area (Å²) >= 11 is 5.82. The summed E-state index contributed by atoms with van der Waals surface area (Å²) in [4.78, 5) is 15.8. The van der Waals surface area contributed by atoms with Gasteiger partial charge in [-0.3, -0.25) is 0 Å². The molecule has 0 saturated carbocycles. The van der Waals surface area contributed by atoms with Gasteiger partial charge in [-0.15, -0.1) is 0 Å². The second-order valence-corrected chi connectivity index (χ2v) is 4.08. The molecule has 0 N–H and O–H groups in total. The lowest BCUT2D eigenvalue weighted by Crippen LogP contribution is -2.15. The average Bonchev–Trinajstić information content (AvgIpc) is 2.81. The number of hydrogen-bond donors (Lipinski definition) is 0. The summed E-state index contributed by atoms with van der Waals surface area (Å²) in [5, 5.41) is 3.99. The fourth-order valence-electron chi connectivity index (χ4n) is 1.43. The minimum absolute atomic E-state index is 0.0251. The van der Waals surface area contributed by atoms with Gasteiger partial charge in [0.15, 0.2) is 0 Å². The van der Waals surface area contributed by atoms with Crippen LogP contribution in [0.5, 0.6) is 6.01 Å². The van der Waals surface area contributed by atoms with Gasteiger partial charge in [0.1, 0.15) is 12.7 Å². The van der Waals surface area contributed by atoms with E-state index in [0.717, 1.165) is 12.8 Å². The molecule has 0 aliphatic carbocycles. The fourth-order valence-corrected chi connectivity index (χ4v) is 1.58. The second kappa shape index (κ2) is 5.72. The maximum Gasteiger partial charge on any atom is 0.322 e. The van der Waals surface area contributed by atoms with Crippen LogP contribution < -0.4 is 4.74 Å². The molecule has 7 nitrogen and oxygen atoms in total. The predicted octanol–water partition coefficient (Wildman–Crippen LogP) is 1.67. The zero-order chi connectivity index (χ0) is 13.0. The van der Waals surface area contributed by atoms with E-state index in [1.54, 1.807) is 0 Å². The topological polar surface area (TPSA) is 78.6 Å². The molecule has 8 heteroatoms. The molecular weight excluding hydrogens is 256 g/mol. The molecule has 96 valence electrons. The second-order valence-electron chi connectivity index (χ2n) is 3.74. The van der Waals surface area contributed by atoms with Gasteiger partial charge in [0.2, 0.25) is 5.28 Å². The quantitative estimate of drug-likeness (QED) is 0.821. The van der Waals surface area contributed by atoms with Gasteiger partial charge in [-0.1, -0.05) is 13.3 Å². The van der Waals surface area contributed by atoms with Crippen molar-refractivity contribution in [1.29, 1.82) is 0 Å².